The van der Waals surface area contributed by atoms with Gasteiger partial charge in [0, 0.05) is 3.57 Å². The van der Waals surface area contributed by atoms with Crippen molar-refractivity contribution in [2.24, 2.45) is 0 Å². The van der Waals surface area contributed by atoms with Gasteiger partial charge in [0.15, 0.2) is 5.44 Å². The minimum absolute atomic E-state index is 0.155. The Morgan fingerprint density at radius 2 is 1.50 bits per heavy atom. The van der Waals surface area contributed by atoms with Gasteiger partial charge in [0.2, 0.25) is 9.84 Å². The predicted molar refractivity (Wildman–Crippen MR) is 77.7 cm³/mol. The van der Waals surface area contributed by atoms with E-state index in [0.29, 0.717) is 9.13 Å². The summed E-state index contributed by atoms with van der Waals surface area (Å²) in [6, 6.07) is 15.0. The van der Waals surface area contributed by atoms with E-state index in [4.69, 9.17) is 0 Å². The van der Waals surface area contributed by atoms with Crippen LogP contribution in [0.15, 0.2) is 59.5 Å². The van der Waals surface area contributed by atoms with E-state index in [1.165, 1.54) is 6.07 Å². The SMILES string of the molecule is O=S(=O)(c1ccccc1I)C(O)c1ccccc1. The second-order valence-corrected chi connectivity index (χ2v) is 6.88. The first-order valence-electron chi connectivity index (χ1n) is 5.25. The molecule has 0 bridgehead atoms. The molecule has 0 aromatic heterocycles. The summed E-state index contributed by atoms with van der Waals surface area (Å²) in [5, 5.41) is 10.0. The largest absolute Gasteiger partial charge is 0.373 e. The van der Waals surface area contributed by atoms with Gasteiger partial charge in [-0.2, -0.15) is 0 Å². The monoisotopic (exact) mass is 374 g/mol. The molecule has 2 aromatic rings. The van der Waals surface area contributed by atoms with Crippen molar-refractivity contribution in [3.05, 3.63) is 63.7 Å². The third-order valence-electron chi connectivity index (χ3n) is 2.52. The number of rotatable bonds is 3. The summed E-state index contributed by atoms with van der Waals surface area (Å²) in [5.74, 6) is 0. The Hall–Kier alpha value is -0.920. The Morgan fingerprint density at radius 3 is 2.11 bits per heavy atom. The highest BCUT2D eigenvalue weighted by Crippen LogP contribution is 2.29. The maximum atomic E-state index is 12.3. The van der Waals surface area contributed by atoms with E-state index in [0.717, 1.165) is 0 Å². The van der Waals surface area contributed by atoms with Gasteiger partial charge in [-0.05, 0) is 40.3 Å². The fourth-order valence-corrected chi connectivity index (χ4v) is 4.26. The Bertz CT molecular complexity index is 638. The van der Waals surface area contributed by atoms with Gasteiger partial charge in [-0.25, -0.2) is 8.42 Å². The summed E-state index contributed by atoms with van der Waals surface area (Å²) in [6.45, 7) is 0. The minimum Gasteiger partial charge on any atom is -0.373 e. The van der Waals surface area contributed by atoms with Gasteiger partial charge in [0.05, 0.1) is 4.90 Å². The molecule has 0 amide bonds. The van der Waals surface area contributed by atoms with Crippen LogP contribution in [-0.4, -0.2) is 13.5 Å². The van der Waals surface area contributed by atoms with Crippen molar-refractivity contribution in [1.29, 1.82) is 0 Å². The molecule has 1 unspecified atom stereocenters. The molecule has 0 radical (unpaired) electrons. The van der Waals surface area contributed by atoms with Crippen LogP contribution in [0.1, 0.15) is 11.0 Å². The van der Waals surface area contributed by atoms with Crippen molar-refractivity contribution in [1.82, 2.24) is 0 Å². The van der Waals surface area contributed by atoms with E-state index in [9.17, 15) is 13.5 Å². The average Bonchev–Trinajstić information content (AvgIpc) is 2.39. The highest BCUT2D eigenvalue weighted by atomic mass is 127. The van der Waals surface area contributed by atoms with Crippen LogP contribution in [0, 0.1) is 3.57 Å². The highest BCUT2D eigenvalue weighted by Gasteiger charge is 2.28. The second-order valence-electron chi connectivity index (χ2n) is 3.74. The van der Waals surface area contributed by atoms with Gasteiger partial charge < -0.3 is 5.11 Å². The molecule has 94 valence electrons. The molecule has 0 aliphatic rings. The smallest absolute Gasteiger partial charge is 0.210 e. The Kier molecular flexibility index (Phi) is 4.04. The quantitative estimate of drug-likeness (QED) is 0.841. The molecule has 0 saturated heterocycles. The molecule has 2 rings (SSSR count). The van der Waals surface area contributed by atoms with Gasteiger partial charge in [-0.1, -0.05) is 42.5 Å². The third-order valence-corrected chi connectivity index (χ3v) is 5.66. The summed E-state index contributed by atoms with van der Waals surface area (Å²) < 4.78 is 25.2. The van der Waals surface area contributed by atoms with Crippen LogP contribution < -0.4 is 0 Å². The van der Waals surface area contributed by atoms with Crippen LogP contribution in [-0.2, 0) is 9.84 Å². The van der Waals surface area contributed by atoms with Crippen LogP contribution in [0.3, 0.4) is 0 Å². The van der Waals surface area contributed by atoms with Gasteiger partial charge >= 0.3 is 0 Å². The number of halogens is 1. The molecule has 1 N–H and O–H groups in total. The predicted octanol–water partition coefficient (Wildman–Crippen LogP) is 2.76. The van der Waals surface area contributed by atoms with E-state index >= 15 is 0 Å². The third kappa shape index (κ3) is 2.57. The first-order chi connectivity index (χ1) is 8.53. The Balaban J connectivity index is 2.48. The lowest BCUT2D eigenvalue weighted by Crippen LogP contribution is -2.14. The molecule has 3 nitrogen and oxygen atoms in total. The van der Waals surface area contributed by atoms with E-state index < -0.39 is 15.3 Å². The van der Waals surface area contributed by atoms with Crippen molar-refractivity contribution < 1.29 is 13.5 Å². The minimum atomic E-state index is -3.77. The normalized spacial score (nSPS) is 13.2. The molecule has 0 saturated carbocycles. The van der Waals surface area contributed by atoms with Gasteiger partial charge in [-0.15, -0.1) is 0 Å². The van der Waals surface area contributed by atoms with Crippen molar-refractivity contribution in [2.75, 3.05) is 0 Å². The molecule has 2 aromatic carbocycles. The standard InChI is InChI=1S/C13H11IO3S/c14-11-8-4-5-9-12(11)18(16,17)13(15)10-6-2-1-3-7-10/h1-9,13,15H. The summed E-state index contributed by atoms with van der Waals surface area (Å²) in [7, 11) is -3.77. The van der Waals surface area contributed by atoms with E-state index in [2.05, 4.69) is 0 Å². The lowest BCUT2D eigenvalue weighted by molar-refractivity contribution is 0.254. The number of sulfone groups is 1. The van der Waals surface area contributed by atoms with Crippen molar-refractivity contribution in [2.45, 2.75) is 10.3 Å². The number of benzene rings is 2. The van der Waals surface area contributed by atoms with Gasteiger partial charge in [0.1, 0.15) is 0 Å². The molecule has 0 spiro atoms. The molecule has 0 heterocycles. The topological polar surface area (TPSA) is 54.4 Å². The maximum absolute atomic E-state index is 12.3. The average molecular weight is 374 g/mol. The molecular formula is C13H11IO3S. The van der Waals surface area contributed by atoms with Crippen molar-refractivity contribution in [3.8, 4) is 0 Å². The maximum Gasteiger partial charge on any atom is 0.210 e. The Labute approximate surface area is 120 Å². The number of aliphatic hydroxyl groups excluding tert-OH is 1. The summed E-state index contributed by atoms with van der Waals surface area (Å²) >= 11 is 1.95. The fourth-order valence-electron chi connectivity index (χ4n) is 1.59. The zero-order valence-corrected chi connectivity index (χ0v) is 12.3. The molecule has 5 heteroatoms. The van der Waals surface area contributed by atoms with Gasteiger partial charge in [-0.3, -0.25) is 0 Å². The zero-order valence-electron chi connectivity index (χ0n) is 9.32. The summed E-state index contributed by atoms with van der Waals surface area (Å²) in [5.41, 5.74) is -1.16. The molecule has 18 heavy (non-hydrogen) atoms. The molecular weight excluding hydrogens is 363 g/mol. The lowest BCUT2D eigenvalue weighted by atomic mass is 10.2. The highest BCUT2D eigenvalue weighted by molar-refractivity contribution is 14.1. The van der Waals surface area contributed by atoms with Crippen LogP contribution in [0.5, 0.6) is 0 Å². The number of hydrogen-bond donors (Lipinski definition) is 1. The van der Waals surface area contributed by atoms with Crippen LogP contribution in [0.4, 0.5) is 0 Å². The Morgan fingerprint density at radius 1 is 0.944 bits per heavy atom. The van der Waals surface area contributed by atoms with E-state index in [-0.39, 0.29) is 4.90 Å². The van der Waals surface area contributed by atoms with Crippen LogP contribution >= 0.6 is 22.6 Å². The molecule has 1 atom stereocenters. The zero-order chi connectivity index (χ0) is 13.2. The first-order valence-corrected chi connectivity index (χ1v) is 7.87. The molecule has 0 aliphatic carbocycles. The fraction of sp³-hybridized carbons (Fsp3) is 0.0769. The molecule has 0 aliphatic heterocycles. The first kappa shape index (κ1) is 13.5. The van der Waals surface area contributed by atoms with Crippen molar-refractivity contribution in [3.63, 3.8) is 0 Å². The van der Waals surface area contributed by atoms with Crippen LogP contribution in [0.2, 0.25) is 0 Å². The van der Waals surface area contributed by atoms with Gasteiger partial charge in [0.25, 0.3) is 0 Å². The number of hydrogen-bond acceptors (Lipinski definition) is 3. The summed E-state index contributed by atoms with van der Waals surface area (Å²) in [4.78, 5) is 0.155. The van der Waals surface area contributed by atoms with E-state index in [1.807, 2.05) is 22.6 Å². The lowest BCUT2D eigenvalue weighted by Gasteiger charge is -2.13. The number of aliphatic hydroxyl groups is 1. The summed E-state index contributed by atoms with van der Waals surface area (Å²) in [6.07, 6.45) is 0. The van der Waals surface area contributed by atoms with E-state index in [1.54, 1.807) is 48.5 Å². The van der Waals surface area contributed by atoms with Crippen LogP contribution in [0.25, 0.3) is 0 Å². The second kappa shape index (κ2) is 5.38. The molecule has 0 fully saturated rings. The van der Waals surface area contributed by atoms with Crippen molar-refractivity contribution >= 4 is 32.4 Å².